The van der Waals surface area contributed by atoms with Crippen molar-refractivity contribution in [1.29, 1.82) is 0 Å². The van der Waals surface area contributed by atoms with Gasteiger partial charge in [-0.25, -0.2) is 9.50 Å². The van der Waals surface area contributed by atoms with E-state index in [1.165, 1.54) is 18.9 Å². The van der Waals surface area contributed by atoms with Crippen LogP contribution in [0.25, 0.3) is 5.78 Å². The minimum Gasteiger partial charge on any atom is -0.472 e. The van der Waals surface area contributed by atoms with Crippen molar-refractivity contribution in [3.63, 3.8) is 0 Å². The van der Waals surface area contributed by atoms with Crippen LogP contribution in [-0.2, 0) is 11.2 Å². The van der Waals surface area contributed by atoms with Crippen molar-refractivity contribution in [2.75, 3.05) is 13.1 Å². The summed E-state index contributed by atoms with van der Waals surface area (Å²) in [6, 6.07) is 1.76. The van der Waals surface area contributed by atoms with Gasteiger partial charge in [0.2, 0.25) is 5.91 Å². The molecule has 1 fully saturated rings. The fourth-order valence-corrected chi connectivity index (χ4v) is 3.85. The quantitative estimate of drug-likeness (QED) is 0.703. The third kappa shape index (κ3) is 3.98. The number of amides is 2. The summed E-state index contributed by atoms with van der Waals surface area (Å²) in [6.07, 6.45) is 6.93. The van der Waals surface area contributed by atoms with Gasteiger partial charge < -0.3 is 14.6 Å². The molecule has 4 heterocycles. The molecule has 0 aliphatic carbocycles. The van der Waals surface area contributed by atoms with Crippen molar-refractivity contribution in [3.05, 3.63) is 47.4 Å². The second kappa shape index (κ2) is 8.02. The normalized spacial score (nSPS) is 15.0. The Balaban J connectivity index is 1.28. The van der Waals surface area contributed by atoms with Crippen LogP contribution in [0.5, 0.6) is 0 Å². The molecule has 0 saturated carbocycles. The Bertz CT molecular complexity index is 1020. The van der Waals surface area contributed by atoms with Crippen molar-refractivity contribution in [1.82, 2.24) is 29.8 Å². The SMILES string of the molecule is Cc1nc2ncnn2c(C)c1CCC(=O)NC1CCN(C(=O)c2ccoc2)CC1. The van der Waals surface area contributed by atoms with Crippen molar-refractivity contribution < 1.29 is 14.0 Å². The Labute approximate surface area is 168 Å². The molecule has 29 heavy (non-hydrogen) atoms. The summed E-state index contributed by atoms with van der Waals surface area (Å²) in [7, 11) is 0. The minimum absolute atomic E-state index is 0.0158. The Morgan fingerprint density at radius 1 is 1.28 bits per heavy atom. The van der Waals surface area contributed by atoms with Crippen LogP contribution in [0.15, 0.2) is 29.3 Å². The van der Waals surface area contributed by atoms with Crippen molar-refractivity contribution in [3.8, 4) is 0 Å². The molecule has 0 spiro atoms. The molecular formula is C20H24N6O3. The Morgan fingerprint density at radius 2 is 2.07 bits per heavy atom. The van der Waals surface area contributed by atoms with E-state index in [1.807, 2.05) is 13.8 Å². The molecule has 1 N–H and O–H groups in total. The zero-order valence-corrected chi connectivity index (χ0v) is 16.6. The molecule has 1 saturated heterocycles. The number of furan rings is 1. The van der Waals surface area contributed by atoms with E-state index in [1.54, 1.807) is 15.5 Å². The Hall–Kier alpha value is -3.23. The summed E-state index contributed by atoms with van der Waals surface area (Å²) in [6.45, 7) is 5.15. The topological polar surface area (TPSA) is 106 Å². The number of rotatable bonds is 5. The highest BCUT2D eigenvalue weighted by molar-refractivity contribution is 5.93. The lowest BCUT2D eigenvalue weighted by molar-refractivity contribution is -0.122. The van der Waals surface area contributed by atoms with E-state index in [4.69, 9.17) is 4.42 Å². The molecule has 1 aliphatic heterocycles. The molecule has 3 aromatic rings. The number of hydrogen-bond acceptors (Lipinski definition) is 6. The highest BCUT2D eigenvalue weighted by Crippen LogP contribution is 2.17. The molecule has 0 radical (unpaired) electrons. The standard InChI is InChI=1S/C20H24N6O3/c1-13-17(14(2)26-20(23-13)21-12-22-26)3-4-18(27)24-16-5-8-25(9-6-16)19(28)15-7-10-29-11-15/h7,10-12,16H,3-6,8-9H2,1-2H3,(H,24,27). The van der Waals surface area contributed by atoms with Gasteiger partial charge in [0, 0.05) is 36.9 Å². The third-order valence-electron chi connectivity index (χ3n) is 5.51. The van der Waals surface area contributed by atoms with Crippen LogP contribution in [0.4, 0.5) is 0 Å². The zero-order valence-electron chi connectivity index (χ0n) is 16.6. The fraction of sp³-hybridized carbons (Fsp3) is 0.450. The second-order valence-corrected chi connectivity index (χ2v) is 7.38. The molecule has 0 atom stereocenters. The number of likely N-dealkylation sites (tertiary alicyclic amines) is 1. The first kappa shape index (κ1) is 19.1. The van der Waals surface area contributed by atoms with E-state index in [0.717, 1.165) is 29.8 Å². The molecule has 0 aromatic carbocycles. The molecule has 1 aliphatic rings. The minimum atomic E-state index is -0.0227. The molecule has 4 rings (SSSR count). The van der Waals surface area contributed by atoms with Crippen LogP contribution in [0.1, 0.15) is 46.6 Å². The monoisotopic (exact) mass is 396 g/mol. The van der Waals surface area contributed by atoms with E-state index in [-0.39, 0.29) is 17.9 Å². The number of carbonyl (C=O) groups is 2. The molecule has 2 amide bonds. The second-order valence-electron chi connectivity index (χ2n) is 7.38. The summed E-state index contributed by atoms with van der Waals surface area (Å²) in [5.41, 5.74) is 3.43. The fourth-order valence-electron chi connectivity index (χ4n) is 3.85. The first-order chi connectivity index (χ1) is 14.0. The number of aryl methyl sites for hydroxylation is 2. The zero-order chi connectivity index (χ0) is 20.4. The summed E-state index contributed by atoms with van der Waals surface area (Å²) < 4.78 is 6.68. The first-order valence-electron chi connectivity index (χ1n) is 9.79. The number of piperidine rings is 1. The molecule has 9 heteroatoms. The maximum absolute atomic E-state index is 12.5. The third-order valence-corrected chi connectivity index (χ3v) is 5.51. The average molecular weight is 396 g/mol. The van der Waals surface area contributed by atoms with Gasteiger partial charge >= 0.3 is 0 Å². The molecular weight excluding hydrogens is 372 g/mol. The largest absolute Gasteiger partial charge is 0.472 e. The van der Waals surface area contributed by atoms with Crippen LogP contribution in [-0.4, -0.2) is 55.4 Å². The summed E-state index contributed by atoms with van der Waals surface area (Å²) >= 11 is 0. The van der Waals surface area contributed by atoms with Gasteiger partial charge in [-0.3, -0.25) is 9.59 Å². The lowest BCUT2D eigenvalue weighted by Crippen LogP contribution is -2.46. The molecule has 9 nitrogen and oxygen atoms in total. The Morgan fingerprint density at radius 3 is 2.79 bits per heavy atom. The van der Waals surface area contributed by atoms with E-state index >= 15 is 0 Å². The predicted molar refractivity (Wildman–Crippen MR) is 104 cm³/mol. The van der Waals surface area contributed by atoms with Crippen LogP contribution in [0.2, 0.25) is 0 Å². The lowest BCUT2D eigenvalue weighted by atomic mass is 10.0. The van der Waals surface area contributed by atoms with Crippen molar-refractivity contribution in [2.45, 2.75) is 45.6 Å². The lowest BCUT2D eigenvalue weighted by Gasteiger charge is -2.32. The predicted octanol–water partition coefficient (Wildman–Crippen LogP) is 1.69. The Kier molecular flexibility index (Phi) is 5.28. The van der Waals surface area contributed by atoms with Gasteiger partial charge in [-0.05, 0) is 44.7 Å². The van der Waals surface area contributed by atoms with Gasteiger partial charge in [0.05, 0.1) is 11.8 Å². The van der Waals surface area contributed by atoms with Gasteiger partial charge in [0.25, 0.3) is 11.7 Å². The number of nitrogens with zero attached hydrogens (tertiary/aromatic N) is 5. The van der Waals surface area contributed by atoms with Gasteiger partial charge in [0.15, 0.2) is 0 Å². The van der Waals surface area contributed by atoms with Gasteiger partial charge in [-0.1, -0.05) is 0 Å². The average Bonchev–Trinajstić information content (AvgIpc) is 3.40. The first-order valence-corrected chi connectivity index (χ1v) is 9.79. The molecule has 152 valence electrons. The van der Waals surface area contributed by atoms with Crippen LogP contribution < -0.4 is 5.32 Å². The van der Waals surface area contributed by atoms with Crippen LogP contribution in [0, 0.1) is 13.8 Å². The summed E-state index contributed by atoms with van der Waals surface area (Å²) in [4.78, 5) is 35.2. The summed E-state index contributed by atoms with van der Waals surface area (Å²) in [5.74, 6) is 0.567. The highest BCUT2D eigenvalue weighted by atomic mass is 16.3. The van der Waals surface area contributed by atoms with E-state index < -0.39 is 0 Å². The van der Waals surface area contributed by atoms with E-state index in [2.05, 4.69) is 20.4 Å². The molecule has 3 aromatic heterocycles. The number of carbonyl (C=O) groups excluding carboxylic acids is 2. The number of nitrogens with one attached hydrogen (secondary N) is 1. The maximum Gasteiger partial charge on any atom is 0.257 e. The van der Waals surface area contributed by atoms with Crippen molar-refractivity contribution >= 4 is 17.6 Å². The molecule has 0 unspecified atom stereocenters. The molecule has 0 bridgehead atoms. The van der Waals surface area contributed by atoms with Gasteiger partial charge in [0.1, 0.15) is 12.6 Å². The van der Waals surface area contributed by atoms with Gasteiger partial charge in [-0.2, -0.15) is 10.1 Å². The van der Waals surface area contributed by atoms with Gasteiger partial charge in [-0.15, -0.1) is 0 Å². The highest BCUT2D eigenvalue weighted by Gasteiger charge is 2.25. The van der Waals surface area contributed by atoms with Crippen molar-refractivity contribution in [2.24, 2.45) is 0 Å². The van der Waals surface area contributed by atoms with E-state index in [9.17, 15) is 9.59 Å². The van der Waals surface area contributed by atoms with Crippen LogP contribution >= 0.6 is 0 Å². The smallest absolute Gasteiger partial charge is 0.257 e. The van der Waals surface area contributed by atoms with E-state index in [0.29, 0.717) is 37.3 Å². The number of hydrogen-bond donors (Lipinski definition) is 1. The van der Waals surface area contributed by atoms with Crippen LogP contribution in [0.3, 0.4) is 0 Å². The number of fused-ring (bicyclic) bond motifs is 1. The maximum atomic E-state index is 12.5. The number of aromatic nitrogens is 4. The summed E-state index contributed by atoms with van der Waals surface area (Å²) in [5, 5.41) is 7.29.